The van der Waals surface area contributed by atoms with Crippen molar-refractivity contribution in [3.63, 3.8) is 0 Å². The highest BCUT2D eigenvalue weighted by atomic mass is 32.2. The molecule has 66 valence electrons. The van der Waals surface area contributed by atoms with Crippen molar-refractivity contribution in [2.75, 3.05) is 6.61 Å². The fourth-order valence-corrected chi connectivity index (χ4v) is 1.79. The van der Waals surface area contributed by atoms with Gasteiger partial charge in [0.05, 0.1) is 12.2 Å². The first kappa shape index (κ1) is 9.32. The van der Waals surface area contributed by atoms with E-state index in [1.165, 1.54) is 6.08 Å². The van der Waals surface area contributed by atoms with Crippen molar-refractivity contribution in [1.29, 1.82) is 0 Å². The Balaban J connectivity index is 2.68. The highest BCUT2D eigenvalue weighted by Crippen LogP contribution is 2.28. The summed E-state index contributed by atoms with van der Waals surface area (Å²) in [5.74, 6) is -0.372. The Labute approximate surface area is 75.2 Å². The van der Waals surface area contributed by atoms with E-state index in [0.717, 1.165) is 11.8 Å². The predicted molar refractivity (Wildman–Crippen MR) is 46.8 cm³/mol. The summed E-state index contributed by atoms with van der Waals surface area (Å²) in [5, 5.41) is -0.123. The second-order valence-electron chi connectivity index (χ2n) is 2.40. The Morgan fingerprint density at radius 1 is 1.75 bits per heavy atom. The Kier molecular flexibility index (Phi) is 2.92. The summed E-state index contributed by atoms with van der Waals surface area (Å²) in [5.41, 5.74) is 0.479. The zero-order chi connectivity index (χ0) is 9.14. The molecule has 0 aliphatic carbocycles. The topological polar surface area (TPSA) is 43.4 Å². The first-order valence-corrected chi connectivity index (χ1v) is 4.62. The lowest BCUT2D eigenvalue weighted by molar-refractivity contribution is -0.138. The van der Waals surface area contributed by atoms with Gasteiger partial charge in [-0.05, 0) is 13.8 Å². The normalized spacial score (nSPS) is 22.3. The molecule has 1 atom stereocenters. The van der Waals surface area contributed by atoms with Crippen LogP contribution in [0.1, 0.15) is 13.8 Å². The molecule has 0 spiro atoms. The second kappa shape index (κ2) is 3.76. The first-order valence-electron chi connectivity index (χ1n) is 3.74. The number of rotatable bonds is 2. The Bertz CT molecular complexity index is 245. The van der Waals surface area contributed by atoms with E-state index in [4.69, 9.17) is 4.74 Å². The van der Waals surface area contributed by atoms with Crippen molar-refractivity contribution < 1.29 is 14.3 Å². The standard InChI is InChI=1S/C8H10O3S/c1-3-11-8(10)6-4-7(9)12-5(6)2/h4-5H,3H2,1-2H3. The molecule has 0 bridgehead atoms. The van der Waals surface area contributed by atoms with Gasteiger partial charge < -0.3 is 4.74 Å². The van der Waals surface area contributed by atoms with Crippen LogP contribution in [0.3, 0.4) is 0 Å². The van der Waals surface area contributed by atoms with Crippen LogP contribution in [0, 0.1) is 0 Å². The van der Waals surface area contributed by atoms with Crippen LogP contribution in [0.5, 0.6) is 0 Å². The molecule has 1 aliphatic rings. The van der Waals surface area contributed by atoms with Crippen molar-refractivity contribution in [3.05, 3.63) is 11.6 Å². The van der Waals surface area contributed by atoms with Gasteiger partial charge >= 0.3 is 5.97 Å². The van der Waals surface area contributed by atoms with Gasteiger partial charge in [-0.3, -0.25) is 4.79 Å². The fourth-order valence-electron chi connectivity index (χ4n) is 0.955. The largest absolute Gasteiger partial charge is 0.463 e. The molecule has 0 saturated heterocycles. The summed E-state index contributed by atoms with van der Waals surface area (Å²) in [4.78, 5) is 22.0. The van der Waals surface area contributed by atoms with Crippen molar-refractivity contribution in [1.82, 2.24) is 0 Å². The molecule has 1 unspecified atom stereocenters. The van der Waals surface area contributed by atoms with E-state index in [1.807, 2.05) is 6.92 Å². The monoisotopic (exact) mass is 186 g/mol. The maximum Gasteiger partial charge on any atom is 0.335 e. The van der Waals surface area contributed by atoms with Crippen LogP contribution in [0.25, 0.3) is 0 Å². The van der Waals surface area contributed by atoms with E-state index in [9.17, 15) is 9.59 Å². The van der Waals surface area contributed by atoms with Gasteiger partial charge in [-0.2, -0.15) is 0 Å². The van der Waals surface area contributed by atoms with E-state index >= 15 is 0 Å². The number of thioether (sulfide) groups is 1. The summed E-state index contributed by atoms with van der Waals surface area (Å²) in [6.07, 6.45) is 1.35. The SMILES string of the molecule is CCOC(=O)C1=CC(=O)SC1C. The molecule has 0 N–H and O–H groups in total. The lowest BCUT2D eigenvalue weighted by atomic mass is 10.2. The predicted octanol–water partition coefficient (Wildman–Crippen LogP) is 1.14. The lowest BCUT2D eigenvalue weighted by Crippen LogP contribution is -2.12. The molecule has 0 radical (unpaired) electrons. The summed E-state index contributed by atoms with van der Waals surface area (Å²) < 4.78 is 4.77. The number of hydrogen-bond donors (Lipinski definition) is 0. The van der Waals surface area contributed by atoms with Crippen LogP contribution in [-0.4, -0.2) is 22.9 Å². The van der Waals surface area contributed by atoms with Gasteiger partial charge in [0, 0.05) is 11.3 Å². The van der Waals surface area contributed by atoms with Crippen LogP contribution in [0.2, 0.25) is 0 Å². The molecule has 12 heavy (non-hydrogen) atoms. The van der Waals surface area contributed by atoms with Gasteiger partial charge in [-0.15, -0.1) is 0 Å². The van der Waals surface area contributed by atoms with Crippen molar-refractivity contribution in [2.24, 2.45) is 0 Å². The highest BCUT2D eigenvalue weighted by Gasteiger charge is 2.27. The maximum atomic E-state index is 11.1. The second-order valence-corrected chi connectivity index (χ2v) is 3.74. The minimum Gasteiger partial charge on any atom is -0.463 e. The number of ether oxygens (including phenoxy) is 1. The van der Waals surface area contributed by atoms with Crippen LogP contribution >= 0.6 is 11.8 Å². The molecule has 0 saturated carbocycles. The average molecular weight is 186 g/mol. The lowest BCUT2D eigenvalue weighted by Gasteiger charge is -2.05. The van der Waals surface area contributed by atoms with Crippen LogP contribution in [0.4, 0.5) is 0 Å². The van der Waals surface area contributed by atoms with Crippen molar-refractivity contribution >= 4 is 22.8 Å². The average Bonchev–Trinajstić information content (AvgIpc) is 2.30. The Morgan fingerprint density at radius 3 is 2.83 bits per heavy atom. The van der Waals surface area contributed by atoms with E-state index in [2.05, 4.69) is 0 Å². The molecule has 1 heterocycles. The maximum absolute atomic E-state index is 11.1. The number of esters is 1. The molecule has 0 amide bonds. The number of carbonyl (C=O) groups is 2. The molecule has 4 heteroatoms. The van der Waals surface area contributed by atoms with Gasteiger partial charge in [0.1, 0.15) is 0 Å². The molecule has 1 aliphatic heterocycles. The zero-order valence-corrected chi connectivity index (χ0v) is 7.81. The molecule has 0 aromatic rings. The smallest absolute Gasteiger partial charge is 0.335 e. The fraction of sp³-hybridized carbons (Fsp3) is 0.500. The molecule has 0 aromatic carbocycles. The minimum atomic E-state index is -0.372. The summed E-state index contributed by atoms with van der Waals surface area (Å²) in [7, 11) is 0. The summed E-state index contributed by atoms with van der Waals surface area (Å²) in [6.45, 7) is 3.91. The summed E-state index contributed by atoms with van der Waals surface area (Å²) >= 11 is 1.15. The van der Waals surface area contributed by atoms with Gasteiger partial charge in [-0.25, -0.2) is 4.79 Å². The third-order valence-electron chi connectivity index (χ3n) is 1.52. The van der Waals surface area contributed by atoms with Gasteiger partial charge in [0.15, 0.2) is 0 Å². The van der Waals surface area contributed by atoms with Crippen LogP contribution < -0.4 is 0 Å². The van der Waals surface area contributed by atoms with Gasteiger partial charge in [0.2, 0.25) is 5.12 Å². The molecule has 0 aromatic heterocycles. The van der Waals surface area contributed by atoms with Gasteiger partial charge in [-0.1, -0.05) is 11.8 Å². The van der Waals surface area contributed by atoms with Crippen LogP contribution in [0.15, 0.2) is 11.6 Å². The molecule has 0 fully saturated rings. The summed E-state index contributed by atoms with van der Waals surface area (Å²) in [6, 6.07) is 0. The minimum absolute atomic E-state index is 0.0588. The zero-order valence-electron chi connectivity index (χ0n) is 6.99. The molecular formula is C8H10O3S. The quantitative estimate of drug-likeness (QED) is 0.606. The molecule has 1 rings (SSSR count). The number of carbonyl (C=O) groups excluding carboxylic acids is 2. The van der Waals surface area contributed by atoms with Crippen molar-refractivity contribution in [2.45, 2.75) is 19.1 Å². The molecular weight excluding hydrogens is 176 g/mol. The van der Waals surface area contributed by atoms with E-state index in [-0.39, 0.29) is 16.3 Å². The third kappa shape index (κ3) is 1.88. The van der Waals surface area contributed by atoms with Crippen LogP contribution in [-0.2, 0) is 14.3 Å². The van der Waals surface area contributed by atoms with E-state index in [1.54, 1.807) is 6.92 Å². The number of hydrogen-bond acceptors (Lipinski definition) is 4. The Morgan fingerprint density at radius 2 is 2.42 bits per heavy atom. The van der Waals surface area contributed by atoms with Crippen molar-refractivity contribution in [3.8, 4) is 0 Å². The first-order chi connectivity index (χ1) is 5.65. The molecule has 3 nitrogen and oxygen atoms in total. The Hall–Kier alpha value is -0.770. The van der Waals surface area contributed by atoms with E-state index < -0.39 is 0 Å². The highest BCUT2D eigenvalue weighted by molar-refractivity contribution is 8.15. The van der Waals surface area contributed by atoms with E-state index in [0.29, 0.717) is 12.2 Å². The van der Waals surface area contributed by atoms with Gasteiger partial charge in [0.25, 0.3) is 0 Å². The third-order valence-corrected chi connectivity index (χ3v) is 2.47.